The Morgan fingerprint density at radius 2 is 1.93 bits per heavy atom. The number of thiophene rings is 1. The van der Waals surface area contributed by atoms with Crippen LogP contribution < -0.4 is 10.6 Å². The SMILES string of the molecule is CCOC(=O)NC(=O)c1c(NC(=O)/C=C/c2ccccc2Cl)sc(C)c1C. The van der Waals surface area contributed by atoms with E-state index < -0.39 is 17.9 Å². The van der Waals surface area contributed by atoms with Gasteiger partial charge in [0.05, 0.1) is 12.2 Å². The molecule has 0 spiro atoms. The van der Waals surface area contributed by atoms with Crippen molar-refractivity contribution in [2.24, 2.45) is 0 Å². The number of ether oxygens (including phenoxy) is 1. The van der Waals surface area contributed by atoms with E-state index in [1.807, 2.05) is 13.0 Å². The second-order valence-corrected chi connectivity index (χ2v) is 7.14. The van der Waals surface area contributed by atoms with Gasteiger partial charge < -0.3 is 10.1 Å². The minimum atomic E-state index is -0.832. The largest absolute Gasteiger partial charge is 0.450 e. The molecule has 6 nitrogen and oxygen atoms in total. The van der Waals surface area contributed by atoms with E-state index in [0.29, 0.717) is 21.2 Å². The molecule has 8 heteroatoms. The van der Waals surface area contributed by atoms with Gasteiger partial charge in [-0.3, -0.25) is 14.9 Å². The van der Waals surface area contributed by atoms with Crippen LogP contribution in [0.3, 0.4) is 0 Å². The molecule has 0 aliphatic carbocycles. The van der Waals surface area contributed by atoms with Crippen LogP contribution in [-0.4, -0.2) is 24.5 Å². The lowest BCUT2D eigenvalue weighted by Crippen LogP contribution is -2.31. The van der Waals surface area contributed by atoms with E-state index in [1.165, 1.54) is 17.4 Å². The molecule has 0 radical (unpaired) electrons. The highest BCUT2D eigenvalue weighted by molar-refractivity contribution is 7.16. The Labute approximate surface area is 166 Å². The molecule has 2 N–H and O–H groups in total. The molecule has 3 amide bonds. The van der Waals surface area contributed by atoms with Crippen molar-refractivity contribution < 1.29 is 19.1 Å². The third kappa shape index (κ3) is 5.42. The van der Waals surface area contributed by atoms with Gasteiger partial charge in [-0.2, -0.15) is 0 Å². The first-order chi connectivity index (χ1) is 12.8. The van der Waals surface area contributed by atoms with Crippen molar-refractivity contribution in [3.8, 4) is 0 Å². The van der Waals surface area contributed by atoms with Crippen LogP contribution in [0.15, 0.2) is 30.3 Å². The average Bonchev–Trinajstić information content (AvgIpc) is 2.88. The van der Waals surface area contributed by atoms with Gasteiger partial charge in [0, 0.05) is 16.0 Å². The van der Waals surface area contributed by atoms with Crippen LogP contribution >= 0.6 is 22.9 Å². The monoisotopic (exact) mass is 406 g/mol. The number of anilines is 1. The van der Waals surface area contributed by atoms with Crippen LogP contribution in [-0.2, 0) is 9.53 Å². The fourth-order valence-electron chi connectivity index (χ4n) is 2.24. The second-order valence-electron chi connectivity index (χ2n) is 5.51. The van der Waals surface area contributed by atoms with E-state index in [-0.39, 0.29) is 12.2 Å². The molecule has 0 aliphatic heterocycles. The molecule has 0 bridgehead atoms. The number of hydrogen-bond donors (Lipinski definition) is 2. The maximum Gasteiger partial charge on any atom is 0.414 e. The minimum Gasteiger partial charge on any atom is -0.450 e. The van der Waals surface area contributed by atoms with E-state index in [1.54, 1.807) is 38.1 Å². The van der Waals surface area contributed by atoms with Gasteiger partial charge in [0.1, 0.15) is 5.00 Å². The van der Waals surface area contributed by atoms with Gasteiger partial charge in [0.15, 0.2) is 0 Å². The summed E-state index contributed by atoms with van der Waals surface area (Å²) in [6.07, 6.45) is 2.09. The Balaban J connectivity index is 2.17. The first-order valence-corrected chi connectivity index (χ1v) is 9.34. The topological polar surface area (TPSA) is 84.5 Å². The lowest BCUT2D eigenvalue weighted by atomic mass is 10.1. The van der Waals surface area contributed by atoms with Crippen molar-refractivity contribution in [3.05, 3.63) is 56.9 Å². The molecule has 1 aromatic carbocycles. The van der Waals surface area contributed by atoms with Crippen molar-refractivity contribution in [2.45, 2.75) is 20.8 Å². The van der Waals surface area contributed by atoms with E-state index >= 15 is 0 Å². The molecule has 27 heavy (non-hydrogen) atoms. The van der Waals surface area contributed by atoms with Crippen molar-refractivity contribution in [1.82, 2.24) is 5.32 Å². The second kappa shape index (κ2) is 9.34. The zero-order valence-corrected chi connectivity index (χ0v) is 16.7. The summed E-state index contributed by atoms with van der Waals surface area (Å²) >= 11 is 7.31. The highest BCUT2D eigenvalue weighted by Gasteiger charge is 2.22. The highest BCUT2D eigenvalue weighted by Crippen LogP contribution is 2.32. The van der Waals surface area contributed by atoms with E-state index in [4.69, 9.17) is 16.3 Å². The van der Waals surface area contributed by atoms with Gasteiger partial charge in [-0.05, 0) is 44.0 Å². The Morgan fingerprint density at radius 1 is 1.22 bits per heavy atom. The zero-order chi connectivity index (χ0) is 20.0. The summed E-state index contributed by atoms with van der Waals surface area (Å²) in [4.78, 5) is 37.0. The maximum absolute atomic E-state index is 12.4. The number of rotatable bonds is 5. The summed E-state index contributed by atoms with van der Waals surface area (Å²) in [5.41, 5.74) is 1.63. The number of halogens is 1. The number of carbonyl (C=O) groups is 3. The Bertz CT molecular complexity index is 905. The minimum absolute atomic E-state index is 0.150. The number of imide groups is 1. The number of benzene rings is 1. The third-order valence-electron chi connectivity index (χ3n) is 3.66. The molecule has 0 fully saturated rings. The lowest BCUT2D eigenvalue weighted by Gasteiger charge is -2.07. The average molecular weight is 407 g/mol. The van der Waals surface area contributed by atoms with Gasteiger partial charge in [0.2, 0.25) is 5.91 Å². The Morgan fingerprint density at radius 3 is 2.59 bits per heavy atom. The third-order valence-corrected chi connectivity index (χ3v) is 5.13. The maximum atomic E-state index is 12.4. The van der Waals surface area contributed by atoms with Crippen molar-refractivity contribution >= 4 is 51.9 Å². The summed E-state index contributed by atoms with van der Waals surface area (Å²) in [5, 5.41) is 5.72. The summed E-state index contributed by atoms with van der Waals surface area (Å²) in [5.74, 6) is -1.04. The number of hydrogen-bond acceptors (Lipinski definition) is 5. The van der Waals surface area contributed by atoms with Crippen molar-refractivity contribution in [3.63, 3.8) is 0 Å². The smallest absolute Gasteiger partial charge is 0.414 e. The Hall–Kier alpha value is -2.64. The Kier molecular flexibility index (Phi) is 7.15. The number of nitrogens with one attached hydrogen (secondary N) is 2. The molecule has 0 saturated heterocycles. The van der Waals surface area contributed by atoms with E-state index in [0.717, 1.165) is 4.88 Å². The standard InChI is InChI=1S/C19H19ClN2O4S/c1-4-26-19(25)22-17(24)16-11(2)12(3)27-18(16)21-15(23)10-9-13-7-5-6-8-14(13)20/h5-10H,4H2,1-3H3,(H,21,23)(H,22,24,25)/b10-9+. The molecule has 1 heterocycles. The van der Waals surface area contributed by atoms with E-state index in [2.05, 4.69) is 10.6 Å². The molecule has 1 aromatic heterocycles. The number of carbonyl (C=O) groups excluding carboxylic acids is 3. The van der Waals surface area contributed by atoms with Crippen molar-refractivity contribution in [1.29, 1.82) is 0 Å². The van der Waals surface area contributed by atoms with Gasteiger partial charge in [-0.1, -0.05) is 29.8 Å². The summed E-state index contributed by atoms with van der Waals surface area (Å²) < 4.78 is 4.72. The molecule has 0 unspecified atom stereocenters. The molecular formula is C19H19ClN2O4S. The predicted octanol–water partition coefficient (Wildman–Crippen LogP) is 4.56. The molecule has 2 rings (SSSR count). The molecular weight excluding hydrogens is 388 g/mol. The quantitative estimate of drug-likeness (QED) is 0.713. The van der Waals surface area contributed by atoms with Gasteiger partial charge in [-0.25, -0.2) is 4.79 Å². The van der Waals surface area contributed by atoms with Crippen LogP contribution in [0, 0.1) is 13.8 Å². The number of aryl methyl sites for hydroxylation is 1. The highest BCUT2D eigenvalue weighted by atomic mass is 35.5. The van der Waals surface area contributed by atoms with Crippen LogP contribution in [0.5, 0.6) is 0 Å². The first kappa shape index (κ1) is 20.7. The predicted molar refractivity (Wildman–Crippen MR) is 107 cm³/mol. The van der Waals surface area contributed by atoms with E-state index in [9.17, 15) is 14.4 Å². The zero-order valence-electron chi connectivity index (χ0n) is 15.1. The number of amides is 3. The molecule has 0 saturated carbocycles. The summed E-state index contributed by atoms with van der Waals surface area (Å²) in [6, 6.07) is 7.12. The molecule has 0 atom stereocenters. The molecule has 2 aromatic rings. The lowest BCUT2D eigenvalue weighted by molar-refractivity contribution is -0.111. The number of alkyl carbamates (subject to hydrolysis) is 1. The van der Waals surface area contributed by atoms with Crippen LogP contribution in [0.25, 0.3) is 6.08 Å². The van der Waals surface area contributed by atoms with Crippen LogP contribution in [0.2, 0.25) is 5.02 Å². The summed E-state index contributed by atoms with van der Waals surface area (Å²) in [6.45, 7) is 5.37. The summed E-state index contributed by atoms with van der Waals surface area (Å²) in [7, 11) is 0. The first-order valence-electron chi connectivity index (χ1n) is 8.15. The fourth-order valence-corrected chi connectivity index (χ4v) is 3.50. The van der Waals surface area contributed by atoms with Crippen LogP contribution in [0.4, 0.5) is 9.80 Å². The van der Waals surface area contributed by atoms with Crippen LogP contribution in [0.1, 0.15) is 33.3 Å². The van der Waals surface area contributed by atoms with Gasteiger partial charge >= 0.3 is 6.09 Å². The normalized spacial score (nSPS) is 10.7. The van der Waals surface area contributed by atoms with Crippen molar-refractivity contribution in [2.75, 3.05) is 11.9 Å². The van der Waals surface area contributed by atoms with Gasteiger partial charge in [0.25, 0.3) is 5.91 Å². The molecule has 142 valence electrons. The molecule has 0 aliphatic rings. The fraction of sp³-hybridized carbons (Fsp3) is 0.211. The van der Waals surface area contributed by atoms with Gasteiger partial charge in [-0.15, -0.1) is 11.3 Å².